The quantitative estimate of drug-likeness (QED) is 0.826. The number of sulfone groups is 1. The number of benzene rings is 1. The molecule has 0 spiro atoms. The third-order valence-corrected chi connectivity index (χ3v) is 7.12. The van der Waals surface area contributed by atoms with E-state index in [2.05, 4.69) is 10.2 Å². The van der Waals surface area contributed by atoms with Gasteiger partial charge < -0.3 is 5.32 Å². The van der Waals surface area contributed by atoms with E-state index >= 15 is 0 Å². The lowest BCUT2D eigenvalue weighted by Gasteiger charge is -2.38. The van der Waals surface area contributed by atoms with Crippen molar-refractivity contribution in [2.45, 2.75) is 68.3 Å². The molecule has 1 aromatic rings. The van der Waals surface area contributed by atoms with Crippen LogP contribution in [0.4, 0.5) is 0 Å². The van der Waals surface area contributed by atoms with E-state index in [1.54, 1.807) is 12.1 Å². The summed E-state index contributed by atoms with van der Waals surface area (Å²) >= 11 is 0. The third kappa shape index (κ3) is 3.81. The van der Waals surface area contributed by atoms with Gasteiger partial charge in [0, 0.05) is 6.26 Å². The van der Waals surface area contributed by atoms with Crippen molar-refractivity contribution in [2.24, 2.45) is 0 Å². The van der Waals surface area contributed by atoms with Crippen molar-refractivity contribution >= 4 is 15.7 Å². The molecule has 0 aromatic heterocycles. The minimum Gasteiger partial charge on any atom is -0.348 e. The Morgan fingerprint density at radius 3 is 2.19 bits per heavy atom. The Labute approximate surface area is 157 Å². The molecule has 5 nitrogen and oxygen atoms in total. The molecule has 1 aromatic carbocycles. The first-order chi connectivity index (χ1) is 12.4. The van der Waals surface area contributed by atoms with Gasteiger partial charge in [-0.05, 0) is 62.9 Å². The molecule has 1 aliphatic heterocycles. The van der Waals surface area contributed by atoms with Crippen LogP contribution in [-0.4, -0.2) is 44.1 Å². The third-order valence-electron chi connectivity index (χ3n) is 5.99. The monoisotopic (exact) mass is 378 g/mol. The van der Waals surface area contributed by atoms with Crippen LogP contribution in [0.1, 0.15) is 63.5 Å². The number of hydrogen-bond donors (Lipinski definition) is 1. The summed E-state index contributed by atoms with van der Waals surface area (Å²) in [4.78, 5) is 16.0. The normalized spacial score (nSPS) is 21.6. The Hall–Kier alpha value is -1.40. The van der Waals surface area contributed by atoms with Gasteiger partial charge in [0.1, 0.15) is 5.54 Å². The van der Waals surface area contributed by atoms with E-state index in [-0.39, 0.29) is 17.5 Å². The van der Waals surface area contributed by atoms with E-state index in [4.69, 9.17) is 0 Å². The smallest absolute Gasteiger partial charge is 0.241 e. The van der Waals surface area contributed by atoms with E-state index in [0.29, 0.717) is 4.90 Å². The topological polar surface area (TPSA) is 66.5 Å². The van der Waals surface area contributed by atoms with Crippen LogP contribution in [0, 0.1) is 0 Å². The van der Waals surface area contributed by atoms with E-state index in [1.807, 2.05) is 19.1 Å². The average Bonchev–Trinajstić information content (AvgIpc) is 3.30. The molecule has 26 heavy (non-hydrogen) atoms. The molecule has 2 aliphatic rings. The highest BCUT2D eigenvalue weighted by Crippen LogP contribution is 2.38. The van der Waals surface area contributed by atoms with E-state index in [9.17, 15) is 13.2 Å². The molecule has 1 heterocycles. The van der Waals surface area contributed by atoms with E-state index in [0.717, 1.165) is 50.8 Å². The zero-order chi connectivity index (χ0) is 18.8. The lowest BCUT2D eigenvalue weighted by Crippen LogP contribution is -2.56. The van der Waals surface area contributed by atoms with Gasteiger partial charge in [0.2, 0.25) is 5.91 Å². The Balaban J connectivity index is 1.77. The van der Waals surface area contributed by atoms with Gasteiger partial charge in [0.25, 0.3) is 0 Å². The second kappa shape index (κ2) is 7.69. The molecule has 6 heteroatoms. The van der Waals surface area contributed by atoms with Gasteiger partial charge in [-0.25, -0.2) is 8.42 Å². The zero-order valence-electron chi connectivity index (χ0n) is 15.8. The van der Waals surface area contributed by atoms with E-state index < -0.39 is 9.84 Å². The highest BCUT2D eigenvalue weighted by Gasteiger charge is 2.47. The molecule has 1 amide bonds. The van der Waals surface area contributed by atoms with Gasteiger partial charge in [-0.2, -0.15) is 0 Å². The summed E-state index contributed by atoms with van der Waals surface area (Å²) in [5.41, 5.74) is 0.624. The predicted molar refractivity (Wildman–Crippen MR) is 103 cm³/mol. The SMILES string of the molecule is CCC(NC(=O)C1(N2CCCC2)CCCC1)c1ccc(S(C)(=O)=O)cc1. The maximum absolute atomic E-state index is 13.3. The standard InChI is InChI=1S/C20H30N2O3S/c1-3-18(16-8-10-17(11-9-16)26(2,24)25)21-19(23)20(12-4-5-13-20)22-14-6-7-15-22/h8-11,18H,3-7,12-15H2,1-2H3,(H,21,23). The number of carbonyl (C=O) groups is 1. The summed E-state index contributed by atoms with van der Waals surface area (Å²) in [5.74, 6) is 0.149. The van der Waals surface area contributed by atoms with Crippen molar-refractivity contribution in [2.75, 3.05) is 19.3 Å². The summed E-state index contributed by atoms with van der Waals surface area (Å²) in [5, 5.41) is 3.27. The van der Waals surface area contributed by atoms with Gasteiger partial charge in [0.15, 0.2) is 9.84 Å². The number of rotatable bonds is 6. The van der Waals surface area contributed by atoms with E-state index in [1.165, 1.54) is 19.1 Å². The fourth-order valence-corrected chi connectivity index (χ4v) is 5.08. The molecular formula is C20H30N2O3S. The minimum absolute atomic E-state index is 0.0869. The zero-order valence-corrected chi connectivity index (χ0v) is 16.6. The van der Waals surface area contributed by atoms with Crippen LogP contribution in [0.3, 0.4) is 0 Å². The first kappa shape index (κ1) is 19.4. The molecule has 1 saturated carbocycles. The second-order valence-corrected chi connectivity index (χ2v) is 9.72. The fraction of sp³-hybridized carbons (Fsp3) is 0.650. The van der Waals surface area contributed by atoms with Crippen molar-refractivity contribution in [1.82, 2.24) is 10.2 Å². The van der Waals surface area contributed by atoms with Gasteiger partial charge in [-0.1, -0.05) is 31.9 Å². The van der Waals surface area contributed by atoms with Gasteiger partial charge in [-0.3, -0.25) is 9.69 Å². The van der Waals surface area contributed by atoms with Crippen LogP contribution in [0.25, 0.3) is 0 Å². The van der Waals surface area contributed by atoms with Crippen LogP contribution < -0.4 is 5.32 Å². The van der Waals surface area contributed by atoms with Crippen molar-refractivity contribution in [3.63, 3.8) is 0 Å². The Morgan fingerprint density at radius 1 is 1.12 bits per heavy atom. The van der Waals surface area contributed by atoms with Crippen LogP contribution in [0.15, 0.2) is 29.2 Å². The maximum atomic E-state index is 13.3. The molecule has 144 valence electrons. The molecule has 0 bridgehead atoms. The molecule has 1 unspecified atom stereocenters. The maximum Gasteiger partial charge on any atom is 0.241 e. The molecule has 3 rings (SSSR count). The summed E-state index contributed by atoms with van der Waals surface area (Å²) < 4.78 is 23.3. The lowest BCUT2D eigenvalue weighted by atomic mass is 9.92. The summed E-state index contributed by atoms with van der Waals surface area (Å²) in [6.07, 6.45) is 8.47. The van der Waals surface area contributed by atoms with Crippen molar-refractivity contribution in [3.8, 4) is 0 Å². The Morgan fingerprint density at radius 2 is 1.69 bits per heavy atom. The first-order valence-electron chi connectivity index (χ1n) is 9.73. The highest BCUT2D eigenvalue weighted by molar-refractivity contribution is 7.90. The van der Waals surface area contributed by atoms with Crippen molar-refractivity contribution in [1.29, 1.82) is 0 Å². The number of likely N-dealkylation sites (tertiary alicyclic amines) is 1. The summed E-state index contributed by atoms with van der Waals surface area (Å²) in [7, 11) is -3.20. The predicted octanol–water partition coefficient (Wildman–Crippen LogP) is 3.07. The molecule has 1 aliphatic carbocycles. The molecule has 0 radical (unpaired) electrons. The molecule has 1 atom stereocenters. The van der Waals surface area contributed by atoms with Gasteiger partial charge >= 0.3 is 0 Å². The average molecular weight is 379 g/mol. The van der Waals surface area contributed by atoms with Crippen molar-refractivity contribution < 1.29 is 13.2 Å². The second-order valence-electron chi connectivity index (χ2n) is 7.71. The van der Waals surface area contributed by atoms with Crippen LogP contribution in [0.5, 0.6) is 0 Å². The van der Waals surface area contributed by atoms with Gasteiger partial charge in [0.05, 0.1) is 10.9 Å². The summed E-state index contributed by atoms with van der Waals surface area (Å²) in [6, 6.07) is 6.82. The van der Waals surface area contributed by atoms with Crippen LogP contribution >= 0.6 is 0 Å². The number of amides is 1. The Bertz CT molecular complexity index is 731. The molecule has 2 fully saturated rings. The largest absolute Gasteiger partial charge is 0.348 e. The minimum atomic E-state index is -3.20. The van der Waals surface area contributed by atoms with Crippen molar-refractivity contribution in [3.05, 3.63) is 29.8 Å². The first-order valence-corrected chi connectivity index (χ1v) is 11.6. The van der Waals surface area contributed by atoms with Crippen LogP contribution in [-0.2, 0) is 14.6 Å². The fourth-order valence-electron chi connectivity index (χ4n) is 4.45. The molecule has 1 saturated heterocycles. The molecule has 1 N–H and O–H groups in total. The number of nitrogens with one attached hydrogen (secondary N) is 1. The summed E-state index contributed by atoms with van der Waals surface area (Å²) in [6.45, 7) is 4.09. The molecular weight excluding hydrogens is 348 g/mol. The van der Waals surface area contributed by atoms with Gasteiger partial charge in [-0.15, -0.1) is 0 Å². The lowest BCUT2D eigenvalue weighted by molar-refractivity contribution is -0.133. The number of hydrogen-bond acceptors (Lipinski definition) is 4. The van der Waals surface area contributed by atoms with Crippen LogP contribution in [0.2, 0.25) is 0 Å². The number of carbonyl (C=O) groups excluding carboxylic acids is 1. The Kier molecular flexibility index (Phi) is 5.72. The highest BCUT2D eigenvalue weighted by atomic mass is 32.2. The number of nitrogens with zero attached hydrogens (tertiary/aromatic N) is 1.